The molecule has 0 atom stereocenters. The lowest BCUT2D eigenvalue weighted by molar-refractivity contribution is -0.222. The number of halogens is 2. The Balaban J connectivity index is 1.87. The molecule has 0 aromatic heterocycles. The highest BCUT2D eigenvalue weighted by molar-refractivity contribution is 6.30. The van der Waals surface area contributed by atoms with Crippen molar-refractivity contribution in [3.8, 4) is 5.75 Å². The smallest absolute Gasteiger partial charge is 0.348 e. The summed E-state index contributed by atoms with van der Waals surface area (Å²) in [6.45, 7) is 3.10. The van der Waals surface area contributed by atoms with Gasteiger partial charge in [0.15, 0.2) is 0 Å². The van der Waals surface area contributed by atoms with Gasteiger partial charge in [-0.25, -0.2) is 14.0 Å². The zero-order valence-corrected chi connectivity index (χ0v) is 15.4. The lowest BCUT2D eigenvalue weighted by atomic mass is 10.1. The molecule has 0 amide bonds. The van der Waals surface area contributed by atoms with Gasteiger partial charge in [-0.05, 0) is 42.0 Å². The van der Waals surface area contributed by atoms with E-state index >= 15 is 0 Å². The molecule has 2 aromatic rings. The van der Waals surface area contributed by atoms with Gasteiger partial charge in [-0.2, -0.15) is 0 Å². The average Bonchev–Trinajstić information content (AvgIpc) is 2.58. The summed E-state index contributed by atoms with van der Waals surface area (Å²) in [6, 6.07) is 10.6. The second-order valence-corrected chi connectivity index (χ2v) is 6.77. The normalized spacial score (nSPS) is 15.8. The first-order chi connectivity index (χ1) is 12.7. The van der Waals surface area contributed by atoms with E-state index < -0.39 is 17.7 Å². The Labute approximate surface area is 160 Å². The molecule has 140 valence electrons. The number of benzene rings is 2. The number of ether oxygens (including phenoxy) is 3. The SMILES string of the molecule is CC1(C)OC(=O)C(=Cc2cc(Cl)ccc2OCc2ccc(F)cc2)C(=O)O1. The third-order valence-corrected chi connectivity index (χ3v) is 3.93. The molecule has 0 saturated carbocycles. The standard InChI is InChI=1S/C20H16ClFO5/c1-20(2)26-18(23)16(19(24)27-20)10-13-9-14(21)5-8-17(13)25-11-12-3-6-15(22)7-4-12/h3-10H,11H2,1-2H3. The fraction of sp³-hybridized carbons (Fsp3) is 0.200. The van der Waals surface area contributed by atoms with E-state index in [0.717, 1.165) is 5.56 Å². The van der Waals surface area contributed by atoms with Gasteiger partial charge in [-0.3, -0.25) is 0 Å². The molecular formula is C20H16ClFO5. The number of rotatable bonds is 4. The van der Waals surface area contributed by atoms with E-state index in [-0.39, 0.29) is 18.0 Å². The molecule has 0 unspecified atom stereocenters. The highest BCUT2D eigenvalue weighted by Crippen LogP contribution is 2.29. The highest BCUT2D eigenvalue weighted by Gasteiger charge is 2.39. The van der Waals surface area contributed by atoms with Crippen LogP contribution in [0.3, 0.4) is 0 Å². The van der Waals surface area contributed by atoms with Crippen LogP contribution in [0.1, 0.15) is 25.0 Å². The molecule has 1 aliphatic heterocycles. The molecule has 3 rings (SSSR count). The lowest BCUT2D eigenvalue weighted by Gasteiger charge is -2.29. The minimum atomic E-state index is -1.32. The van der Waals surface area contributed by atoms with Crippen molar-refractivity contribution in [1.29, 1.82) is 0 Å². The Morgan fingerprint density at radius 1 is 1.07 bits per heavy atom. The summed E-state index contributed by atoms with van der Waals surface area (Å²) in [7, 11) is 0. The van der Waals surface area contributed by atoms with Crippen LogP contribution in [0.25, 0.3) is 6.08 Å². The molecule has 1 fully saturated rings. The maximum absolute atomic E-state index is 13.0. The second kappa shape index (κ2) is 7.40. The van der Waals surface area contributed by atoms with Gasteiger partial charge in [-0.15, -0.1) is 0 Å². The molecule has 0 spiro atoms. The maximum atomic E-state index is 13.0. The second-order valence-electron chi connectivity index (χ2n) is 6.33. The topological polar surface area (TPSA) is 61.8 Å². The largest absolute Gasteiger partial charge is 0.488 e. The van der Waals surface area contributed by atoms with Gasteiger partial charge in [0, 0.05) is 24.4 Å². The van der Waals surface area contributed by atoms with Gasteiger partial charge in [0.1, 0.15) is 23.7 Å². The van der Waals surface area contributed by atoms with E-state index in [2.05, 4.69) is 0 Å². The molecule has 5 nitrogen and oxygen atoms in total. The Morgan fingerprint density at radius 3 is 2.33 bits per heavy atom. The van der Waals surface area contributed by atoms with E-state index in [1.165, 1.54) is 32.1 Å². The van der Waals surface area contributed by atoms with Gasteiger partial charge < -0.3 is 14.2 Å². The van der Waals surface area contributed by atoms with Crippen molar-refractivity contribution in [3.63, 3.8) is 0 Å². The number of hydrogen-bond donors (Lipinski definition) is 0. The Kier molecular flexibility index (Phi) is 5.19. The molecule has 0 N–H and O–H groups in total. The van der Waals surface area contributed by atoms with Crippen LogP contribution in [0.5, 0.6) is 5.75 Å². The van der Waals surface area contributed by atoms with Crippen molar-refractivity contribution >= 4 is 29.6 Å². The summed E-state index contributed by atoms with van der Waals surface area (Å²) in [5.74, 6) is -2.85. The Morgan fingerprint density at radius 2 is 1.70 bits per heavy atom. The zero-order chi connectivity index (χ0) is 19.6. The molecule has 0 aliphatic carbocycles. The van der Waals surface area contributed by atoms with Gasteiger partial charge in [-0.1, -0.05) is 23.7 Å². The monoisotopic (exact) mass is 390 g/mol. The van der Waals surface area contributed by atoms with Crippen molar-refractivity contribution in [1.82, 2.24) is 0 Å². The van der Waals surface area contributed by atoms with Crippen LogP contribution >= 0.6 is 11.6 Å². The van der Waals surface area contributed by atoms with Crippen LogP contribution in [0.15, 0.2) is 48.0 Å². The summed E-state index contributed by atoms with van der Waals surface area (Å²) >= 11 is 6.03. The van der Waals surface area contributed by atoms with E-state index in [1.54, 1.807) is 30.3 Å². The summed E-state index contributed by atoms with van der Waals surface area (Å²) < 4.78 is 28.9. The summed E-state index contributed by atoms with van der Waals surface area (Å²) in [5.41, 5.74) is 0.902. The van der Waals surface area contributed by atoms with E-state index in [9.17, 15) is 14.0 Å². The summed E-state index contributed by atoms with van der Waals surface area (Å²) in [4.78, 5) is 24.3. The number of hydrogen-bond acceptors (Lipinski definition) is 5. The highest BCUT2D eigenvalue weighted by atomic mass is 35.5. The van der Waals surface area contributed by atoms with Crippen molar-refractivity contribution in [2.45, 2.75) is 26.2 Å². The minimum absolute atomic E-state index is 0.167. The van der Waals surface area contributed by atoms with Gasteiger partial charge in [0.25, 0.3) is 5.79 Å². The first-order valence-corrected chi connectivity index (χ1v) is 8.46. The first kappa shape index (κ1) is 18.9. The number of esters is 2. The maximum Gasteiger partial charge on any atom is 0.348 e. The van der Waals surface area contributed by atoms with Gasteiger partial charge in [0.05, 0.1) is 0 Å². The number of carbonyl (C=O) groups is 2. The van der Waals surface area contributed by atoms with E-state index in [1.807, 2.05) is 0 Å². The molecule has 0 radical (unpaired) electrons. The quantitative estimate of drug-likeness (QED) is 0.443. The van der Waals surface area contributed by atoms with Crippen molar-refractivity contribution in [3.05, 3.63) is 70.0 Å². The first-order valence-electron chi connectivity index (χ1n) is 8.09. The van der Waals surface area contributed by atoms with Crippen LogP contribution in [0.2, 0.25) is 5.02 Å². The fourth-order valence-electron chi connectivity index (χ4n) is 2.44. The molecule has 2 aromatic carbocycles. The van der Waals surface area contributed by atoms with E-state index in [4.69, 9.17) is 25.8 Å². The molecule has 1 aliphatic rings. The van der Waals surface area contributed by atoms with Crippen molar-refractivity contribution in [2.24, 2.45) is 0 Å². The fourth-order valence-corrected chi connectivity index (χ4v) is 2.62. The molecule has 0 bridgehead atoms. The van der Waals surface area contributed by atoms with Crippen LogP contribution in [0, 0.1) is 5.82 Å². The molecular weight excluding hydrogens is 375 g/mol. The van der Waals surface area contributed by atoms with Gasteiger partial charge in [0.2, 0.25) is 0 Å². The zero-order valence-electron chi connectivity index (χ0n) is 14.6. The van der Waals surface area contributed by atoms with Crippen LogP contribution in [-0.4, -0.2) is 17.7 Å². The van der Waals surface area contributed by atoms with Crippen LogP contribution in [-0.2, 0) is 25.7 Å². The van der Waals surface area contributed by atoms with Crippen molar-refractivity contribution in [2.75, 3.05) is 0 Å². The Bertz CT molecular complexity index is 896. The Hall–Kier alpha value is -2.86. The lowest BCUT2D eigenvalue weighted by Crippen LogP contribution is -2.41. The predicted octanol–water partition coefficient (Wildman–Crippen LogP) is 4.28. The molecule has 1 heterocycles. The summed E-state index contributed by atoms with van der Waals surface area (Å²) in [5, 5.41) is 0.397. The number of carbonyl (C=O) groups excluding carboxylic acids is 2. The van der Waals surface area contributed by atoms with Gasteiger partial charge >= 0.3 is 11.9 Å². The average molecular weight is 391 g/mol. The number of cyclic esters (lactones) is 2. The van der Waals surface area contributed by atoms with Crippen molar-refractivity contribution < 1.29 is 28.2 Å². The molecule has 27 heavy (non-hydrogen) atoms. The third kappa shape index (κ3) is 4.65. The molecule has 7 heteroatoms. The predicted molar refractivity (Wildman–Crippen MR) is 96.4 cm³/mol. The summed E-state index contributed by atoms with van der Waals surface area (Å²) in [6.07, 6.45) is 1.31. The molecule has 1 saturated heterocycles. The van der Waals surface area contributed by atoms with Crippen LogP contribution in [0.4, 0.5) is 4.39 Å². The van der Waals surface area contributed by atoms with E-state index in [0.29, 0.717) is 16.3 Å². The third-order valence-electron chi connectivity index (χ3n) is 3.70. The van der Waals surface area contributed by atoms with Crippen LogP contribution < -0.4 is 4.74 Å². The minimum Gasteiger partial charge on any atom is -0.488 e.